The molecule has 0 N–H and O–H groups in total. The van der Waals surface area contributed by atoms with Gasteiger partial charge in [0.1, 0.15) is 0 Å². The maximum absolute atomic E-state index is 13.1. The molecule has 0 saturated carbocycles. The van der Waals surface area contributed by atoms with Crippen molar-refractivity contribution in [1.29, 1.82) is 0 Å². The van der Waals surface area contributed by atoms with Crippen molar-refractivity contribution in [2.75, 3.05) is 11.5 Å². The molecule has 1 aliphatic heterocycles. The van der Waals surface area contributed by atoms with Crippen LogP contribution >= 0.6 is 15.9 Å². The Balaban J connectivity index is 1.90. The Bertz CT molecular complexity index is 976. The molecular formula is C18H17BrN2O5S. The van der Waals surface area contributed by atoms with Gasteiger partial charge in [0, 0.05) is 34.8 Å². The van der Waals surface area contributed by atoms with E-state index in [1.165, 1.54) is 24.3 Å². The Morgan fingerprint density at radius 2 is 1.93 bits per heavy atom. The SMILES string of the molecule is O=C(c1ccc([N+](=O)[O-])cc1)N(Cc1cccc(Br)c1)C1CCS(=O)(=O)C1. The third-order valence-corrected chi connectivity index (χ3v) is 6.72. The normalized spacial score (nSPS) is 18.2. The van der Waals surface area contributed by atoms with Crippen LogP contribution in [0.15, 0.2) is 53.0 Å². The first kappa shape index (κ1) is 19.5. The number of halogens is 1. The predicted molar refractivity (Wildman–Crippen MR) is 104 cm³/mol. The van der Waals surface area contributed by atoms with Gasteiger partial charge in [-0.3, -0.25) is 14.9 Å². The molecule has 1 saturated heterocycles. The smallest absolute Gasteiger partial charge is 0.269 e. The van der Waals surface area contributed by atoms with E-state index in [-0.39, 0.29) is 29.6 Å². The number of amides is 1. The Hall–Kier alpha value is -2.26. The van der Waals surface area contributed by atoms with Crippen molar-refractivity contribution in [1.82, 2.24) is 4.90 Å². The molecule has 1 atom stereocenters. The number of benzene rings is 2. The zero-order valence-corrected chi connectivity index (χ0v) is 16.6. The summed E-state index contributed by atoms with van der Waals surface area (Å²) in [6.07, 6.45) is 0.384. The van der Waals surface area contributed by atoms with Gasteiger partial charge in [0.05, 0.1) is 16.4 Å². The molecule has 0 spiro atoms. The molecule has 1 heterocycles. The maximum atomic E-state index is 13.1. The number of carbonyl (C=O) groups excluding carboxylic acids is 1. The van der Waals surface area contributed by atoms with Crippen LogP contribution in [0.3, 0.4) is 0 Å². The summed E-state index contributed by atoms with van der Waals surface area (Å²) in [5.74, 6) is -0.355. The van der Waals surface area contributed by atoms with Crippen molar-refractivity contribution in [3.63, 3.8) is 0 Å². The molecule has 0 aromatic heterocycles. The summed E-state index contributed by atoms with van der Waals surface area (Å²) in [5.41, 5.74) is 1.05. The van der Waals surface area contributed by atoms with Crippen molar-refractivity contribution in [3.8, 4) is 0 Å². The quantitative estimate of drug-likeness (QED) is 0.512. The fraction of sp³-hybridized carbons (Fsp3) is 0.278. The van der Waals surface area contributed by atoms with E-state index in [1.54, 1.807) is 4.90 Å². The summed E-state index contributed by atoms with van der Waals surface area (Å²) in [5, 5.41) is 10.8. The molecule has 0 aliphatic carbocycles. The van der Waals surface area contributed by atoms with Gasteiger partial charge in [-0.2, -0.15) is 0 Å². The number of nitro benzene ring substituents is 1. The highest BCUT2D eigenvalue weighted by Gasteiger charge is 2.35. The zero-order chi connectivity index (χ0) is 19.6. The van der Waals surface area contributed by atoms with E-state index in [4.69, 9.17) is 0 Å². The molecule has 3 rings (SSSR count). The van der Waals surface area contributed by atoms with Gasteiger partial charge in [-0.1, -0.05) is 28.1 Å². The van der Waals surface area contributed by atoms with E-state index < -0.39 is 20.8 Å². The first-order valence-electron chi connectivity index (χ1n) is 8.25. The zero-order valence-electron chi connectivity index (χ0n) is 14.2. The second-order valence-electron chi connectivity index (χ2n) is 6.42. The van der Waals surface area contributed by atoms with E-state index in [0.29, 0.717) is 12.0 Å². The van der Waals surface area contributed by atoms with Crippen LogP contribution in [-0.4, -0.2) is 41.7 Å². The lowest BCUT2D eigenvalue weighted by Crippen LogP contribution is -2.40. The molecule has 2 aromatic rings. The standard InChI is InChI=1S/C18H17BrN2O5S/c19-15-3-1-2-13(10-15)11-20(17-8-9-27(25,26)12-17)18(22)14-4-6-16(7-5-14)21(23)24/h1-7,10,17H,8-9,11-12H2. The molecule has 27 heavy (non-hydrogen) atoms. The Morgan fingerprint density at radius 3 is 2.48 bits per heavy atom. The molecule has 1 unspecified atom stereocenters. The minimum Gasteiger partial charge on any atom is -0.330 e. The minimum atomic E-state index is -3.17. The lowest BCUT2D eigenvalue weighted by molar-refractivity contribution is -0.384. The van der Waals surface area contributed by atoms with Crippen LogP contribution in [0.2, 0.25) is 0 Å². The molecule has 2 aromatic carbocycles. The summed E-state index contributed by atoms with van der Waals surface area (Å²) < 4.78 is 24.7. The Labute approximate surface area is 165 Å². The van der Waals surface area contributed by atoms with Crippen molar-refractivity contribution >= 4 is 37.4 Å². The summed E-state index contributed by atoms with van der Waals surface area (Å²) >= 11 is 3.39. The van der Waals surface area contributed by atoms with Crippen molar-refractivity contribution in [2.24, 2.45) is 0 Å². The third kappa shape index (κ3) is 4.72. The highest BCUT2D eigenvalue weighted by molar-refractivity contribution is 9.10. The molecule has 0 radical (unpaired) electrons. The highest BCUT2D eigenvalue weighted by Crippen LogP contribution is 2.24. The summed E-state index contributed by atoms with van der Waals surface area (Å²) in [6, 6.07) is 12.4. The second kappa shape index (κ2) is 7.77. The number of rotatable bonds is 5. The lowest BCUT2D eigenvalue weighted by Gasteiger charge is -2.28. The fourth-order valence-corrected chi connectivity index (χ4v) is 5.29. The number of nitro groups is 1. The summed E-state index contributed by atoms with van der Waals surface area (Å²) in [7, 11) is -3.17. The predicted octanol–water partition coefficient (Wildman–Crippen LogP) is 3.19. The molecule has 142 valence electrons. The first-order chi connectivity index (χ1) is 12.7. The van der Waals surface area contributed by atoms with Gasteiger partial charge < -0.3 is 4.90 Å². The van der Waals surface area contributed by atoms with E-state index >= 15 is 0 Å². The largest absolute Gasteiger partial charge is 0.330 e. The molecule has 9 heteroatoms. The number of non-ortho nitro benzene ring substituents is 1. The molecule has 1 aliphatic rings. The fourth-order valence-electron chi connectivity index (χ4n) is 3.11. The van der Waals surface area contributed by atoms with Crippen molar-refractivity contribution in [2.45, 2.75) is 19.0 Å². The van der Waals surface area contributed by atoms with Crippen LogP contribution in [0.25, 0.3) is 0 Å². The average Bonchev–Trinajstić information content (AvgIpc) is 2.99. The summed E-state index contributed by atoms with van der Waals surface area (Å²) in [4.78, 5) is 24.9. The number of hydrogen-bond donors (Lipinski definition) is 0. The van der Waals surface area contributed by atoms with Gasteiger partial charge >= 0.3 is 0 Å². The van der Waals surface area contributed by atoms with Crippen LogP contribution < -0.4 is 0 Å². The van der Waals surface area contributed by atoms with Gasteiger partial charge in [-0.05, 0) is 36.2 Å². The van der Waals surface area contributed by atoms with Crippen LogP contribution in [-0.2, 0) is 16.4 Å². The van der Waals surface area contributed by atoms with Crippen LogP contribution in [0.1, 0.15) is 22.3 Å². The van der Waals surface area contributed by atoms with Gasteiger partial charge in [-0.25, -0.2) is 8.42 Å². The second-order valence-corrected chi connectivity index (χ2v) is 9.57. The van der Waals surface area contributed by atoms with E-state index in [9.17, 15) is 23.3 Å². The molecule has 1 fully saturated rings. The summed E-state index contributed by atoms with van der Waals surface area (Å²) in [6.45, 7) is 0.259. The van der Waals surface area contributed by atoms with Crippen molar-refractivity contribution in [3.05, 3.63) is 74.2 Å². The number of sulfone groups is 1. The minimum absolute atomic E-state index is 0.0557. The maximum Gasteiger partial charge on any atom is 0.269 e. The van der Waals surface area contributed by atoms with Crippen LogP contribution in [0.5, 0.6) is 0 Å². The molecule has 1 amide bonds. The van der Waals surface area contributed by atoms with E-state index in [1.807, 2.05) is 24.3 Å². The van der Waals surface area contributed by atoms with Crippen LogP contribution in [0, 0.1) is 10.1 Å². The Morgan fingerprint density at radius 1 is 1.22 bits per heavy atom. The van der Waals surface area contributed by atoms with Gasteiger partial charge in [-0.15, -0.1) is 0 Å². The first-order valence-corrected chi connectivity index (χ1v) is 10.9. The third-order valence-electron chi connectivity index (χ3n) is 4.48. The highest BCUT2D eigenvalue weighted by atomic mass is 79.9. The van der Waals surface area contributed by atoms with Gasteiger partial charge in [0.25, 0.3) is 11.6 Å². The van der Waals surface area contributed by atoms with Gasteiger partial charge in [0.15, 0.2) is 9.84 Å². The van der Waals surface area contributed by atoms with Crippen LogP contribution in [0.4, 0.5) is 5.69 Å². The van der Waals surface area contributed by atoms with Crippen molar-refractivity contribution < 1.29 is 18.1 Å². The van der Waals surface area contributed by atoms with E-state index in [2.05, 4.69) is 15.9 Å². The van der Waals surface area contributed by atoms with Gasteiger partial charge in [0.2, 0.25) is 0 Å². The molecular weight excluding hydrogens is 436 g/mol. The topological polar surface area (TPSA) is 97.6 Å². The lowest BCUT2D eigenvalue weighted by atomic mass is 10.1. The number of nitrogens with zero attached hydrogens (tertiary/aromatic N) is 2. The molecule has 7 nitrogen and oxygen atoms in total. The van der Waals surface area contributed by atoms with E-state index in [0.717, 1.165) is 10.0 Å². The number of carbonyl (C=O) groups is 1. The monoisotopic (exact) mass is 452 g/mol. The average molecular weight is 453 g/mol. The molecule has 0 bridgehead atoms. The number of hydrogen-bond acceptors (Lipinski definition) is 5. The Kier molecular flexibility index (Phi) is 5.61.